The normalized spacial score (nSPS) is 10.4. The molecule has 144 valence electrons. The Bertz CT molecular complexity index is 923. The first-order valence-corrected chi connectivity index (χ1v) is 9.30. The van der Waals surface area contributed by atoms with E-state index in [1.54, 1.807) is 25.4 Å². The summed E-state index contributed by atoms with van der Waals surface area (Å²) >= 11 is 0. The Morgan fingerprint density at radius 1 is 1.04 bits per heavy atom. The van der Waals surface area contributed by atoms with E-state index in [1.807, 2.05) is 49.4 Å². The van der Waals surface area contributed by atoms with Crippen LogP contribution >= 0.6 is 0 Å². The standard InChI is InChI=1S/C23H25N3O2/c1-17-4-3-5-19(14-17)16-26-23(27)20-11-13-25-22(15-20)24-12-10-18-6-8-21(28-2)9-7-18/h3-9,11,13-15H,10,12,16H2,1-2H3,(H,24,25)(H,26,27). The second-order valence-electron chi connectivity index (χ2n) is 6.63. The first kappa shape index (κ1) is 19.4. The molecule has 1 amide bonds. The Morgan fingerprint density at radius 2 is 1.86 bits per heavy atom. The monoisotopic (exact) mass is 375 g/mol. The lowest BCUT2D eigenvalue weighted by atomic mass is 10.1. The van der Waals surface area contributed by atoms with Crippen molar-refractivity contribution in [1.82, 2.24) is 10.3 Å². The molecule has 5 heteroatoms. The molecule has 28 heavy (non-hydrogen) atoms. The van der Waals surface area contributed by atoms with Crippen LogP contribution in [0.4, 0.5) is 5.82 Å². The van der Waals surface area contributed by atoms with Crippen molar-refractivity contribution in [2.45, 2.75) is 19.9 Å². The molecule has 0 atom stereocenters. The number of methoxy groups -OCH3 is 1. The number of amides is 1. The van der Waals surface area contributed by atoms with Gasteiger partial charge in [0.15, 0.2) is 0 Å². The third kappa shape index (κ3) is 5.58. The minimum atomic E-state index is -0.109. The average Bonchev–Trinajstić information content (AvgIpc) is 2.73. The molecule has 1 heterocycles. The van der Waals surface area contributed by atoms with Gasteiger partial charge in [-0.05, 0) is 48.7 Å². The van der Waals surface area contributed by atoms with E-state index in [4.69, 9.17) is 4.74 Å². The average molecular weight is 375 g/mol. The Kier molecular flexibility index (Phi) is 6.63. The lowest BCUT2D eigenvalue weighted by molar-refractivity contribution is 0.0951. The van der Waals surface area contributed by atoms with Crippen molar-refractivity contribution >= 4 is 11.7 Å². The lowest BCUT2D eigenvalue weighted by Gasteiger charge is -2.09. The Balaban J connectivity index is 1.51. The quantitative estimate of drug-likeness (QED) is 0.625. The summed E-state index contributed by atoms with van der Waals surface area (Å²) in [6.07, 6.45) is 2.51. The van der Waals surface area contributed by atoms with E-state index in [9.17, 15) is 4.79 Å². The van der Waals surface area contributed by atoms with Crippen molar-refractivity contribution in [2.24, 2.45) is 0 Å². The van der Waals surface area contributed by atoms with Gasteiger partial charge in [-0.1, -0.05) is 42.0 Å². The van der Waals surface area contributed by atoms with Crippen molar-refractivity contribution in [3.8, 4) is 5.75 Å². The number of ether oxygens (including phenoxy) is 1. The molecule has 0 radical (unpaired) electrons. The van der Waals surface area contributed by atoms with Gasteiger partial charge in [0.25, 0.3) is 5.91 Å². The van der Waals surface area contributed by atoms with Crippen LogP contribution in [0, 0.1) is 6.92 Å². The van der Waals surface area contributed by atoms with Gasteiger partial charge in [-0.2, -0.15) is 0 Å². The van der Waals surface area contributed by atoms with Crippen LogP contribution in [-0.4, -0.2) is 24.5 Å². The van der Waals surface area contributed by atoms with E-state index in [2.05, 4.69) is 21.7 Å². The summed E-state index contributed by atoms with van der Waals surface area (Å²) in [4.78, 5) is 16.7. The van der Waals surface area contributed by atoms with Gasteiger partial charge in [0, 0.05) is 24.8 Å². The van der Waals surface area contributed by atoms with Gasteiger partial charge in [0.2, 0.25) is 0 Å². The molecule has 5 nitrogen and oxygen atoms in total. The van der Waals surface area contributed by atoms with E-state index in [-0.39, 0.29) is 5.91 Å². The number of hydrogen-bond donors (Lipinski definition) is 2. The molecule has 0 aliphatic carbocycles. The number of pyridine rings is 1. The highest BCUT2D eigenvalue weighted by atomic mass is 16.5. The molecule has 0 saturated heterocycles. The minimum absolute atomic E-state index is 0.109. The molecule has 2 aromatic carbocycles. The smallest absolute Gasteiger partial charge is 0.251 e. The first-order valence-electron chi connectivity index (χ1n) is 9.30. The van der Waals surface area contributed by atoms with E-state index in [1.165, 1.54) is 11.1 Å². The molecule has 0 saturated carbocycles. The largest absolute Gasteiger partial charge is 0.497 e. The Labute approximate surface area is 165 Å². The first-order chi connectivity index (χ1) is 13.6. The van der Waals surface area contributed by atoms with Crippen molar-refractivity contribution < 1.29 is 9.53 Å². The third-order valence-corrected chi connectivity index (χ3v) is 4.44. The van der Waals surface area contributed by atoms with Crippen molar-refractivity contribution in [1.29, 1.82) is 0 Å². The van der Waals surface area contributed by atoms with Gasteiger partial charge < -0.3 is 15.4 Å². The molecule has 1 aromatic heterocycles. The highest BCUT2D eigenvalue weighted by molar-refractivity contribution is 5.94. The Morgan fingerprint density at radius 3 is 2.61 bits per heavy atom. The summed E-state index contributed by atoms with van der Waals surface area (Å²) in [6, 6.07) is 19.6. The van der Waals surface area contributed by atoms with Crippen LogP contribution in [0.25, 0.3) is 0 Å². The highest BCUT2D eigenvalue weighted by Crippen LogP contribution is 2.12. The van der Waals surface area contributed by atoms with Crippen LogP contribution in [0.15, 0.2) is 66.9 Å². The predicted octanol–water partition coefficient (Wildman–Crippen LogP) is 3.98. The SMILES string of the molecule is COc1ccc(CCNc2cc(C(=O)NCc3cccc(C)c3)ccn2)cc1. The molecular formula is C23H25N3O2. The number of carbonyl (C=O) groups is 1. The third-order valence-electron chi connectivity index (χ3n) is 4.44. The minimum Gasteiger partial charge on any atom is -0.497 e. The molecule has 0 fully saturated rings. The van der Waals surface area contributed by atoms with E-state index < -0.39 is 0 Å². The van der Waals surface area contributed by atoms with Crippen LogP contribution in [0.1, 0.15) is 27.0 Å². The van der Waals surface area contributed by atoms with Crippen LogP contribution in [0.3, 0.4) is 0 Å². The fraction of sp³-hybridized carbons (Fsp3) is 0.217. The molecule has 0 bridgehead atoms. The fourth-order valence-corrected chi connectivity index (χ4v) is 2.90. The number of aromatic nitrogens is 1. The summed E-state index contributed by atoms with van der Waals surface area (Å²) in [5.41, 5.74) is 4.06. The number of nitrogens with one attached hydrogen (secondary N) is 2. The maximum atomic E-state index is 12.4. The molecule has 0 aliphatic rings. The van der Waals surface area contributed by atoms with E-state index in [0.717, 1.165) is 24.3 Å². The molecule has 0 unspecified atom stereocenters. The zero-order chi connectivity index (χ0) is 19.8. The van der Waals surface area contributed by atoms with E-state index >= 15 is 0 Å². The molecule has 0 aliphatic heterocycles. The molecule has 3 rings (SSSR count). The maximum absolute atomic E-state index is 12.4. The number of carbonyl (C=O) groups excluding carboxylic acids is 1. The van der Waals surface area contributed by atoms with Crippen LogP contribution < -0.4 is 15.4 Å². The molecule has 3 aromatic rings. The second kappa shape index (κ2) is 9.55. The molecule has 0 spiro atoms. The van der Waals surface area contributed by atoms with Gasteiger partial charge in [0.1, 0.15) is 11.6 Å². The Hall–Kier alpha value is -3.34. The summed E-state index contributed by atoms with van der Waals surface area (Å²) < 4.78 is 5.17. The van der Waals surface area contributed by atoms with Gasteiger partial charge in [-0.3, -0.25) is 4.79 Å². The summed E-state index contributed by atoms with van der Waals surface area (Å²) in [7, 11) is 1.66. The molecular weight excluding hydrogens is 350 g/mol. The number of nitrogens with zero attached hydrogens (tertiary/aromatic N) is 1. The summed E-state index contributed by atoms with van der Waals surface area (Å²) in [5, 5.41) is 6.23. The predicted molar refractivity (Wildman–Crippen MR) is 112 cm³/mol. The van der Waals surface area contributed by atoms with Crippen molar-refractivity contribution in [3.63, 3.8) is 0 Å². The van der Waals surface area contributed by atoms with Gasteiger partial charge in [-0.25, -0.2) is 4.98 Å². The summed E-state index contributed by atoms with van der Waals surface area (Å²) in [5.74, 6) is 1.43. The highest BCUT2D eigenvalue weighted by Gasteiger charge is 2.07. The maximum Gasteiger partial charge on any atom is 0.251 e. The van der Waals surface area contributed by atoms with Crippen LogP contribution in [-0.2, 0) is 13.0 Å². The van der Waals surface area contributed by atoms with Crippen LogP contribution in [0.2, 0.25) is 0 Å². The number of anilines is 1. The van der Waals surface area contributed by atoms with Crippen LogP contribution in [0.5, 0.6) is 5.75 Å². The number of hydrogen-bond acceptors (Lipinski definition) is 4. The lowest BCUT2D eigenvalue weighted by Crippen LogP contribution is -2.23. The zero-order valence-electron chi connectivity index (χ0n) is 16.2. The van der Waals surface area contributed by atoms with Gasteiger partial charge in [-0.15, -0.1) is 0 Å². The van der Waals surface area contributed by atoms with Crippen molar-refractivity contribution in [2.75, 3.05) is 19.0 Å². The second-order valence-corrected chi connectivity index (χ2v) is 6.63. The number of aryl methyl sites for hydroxylation is 1. The van der Waals surface area contributed by atoms with Gasteiger partial charge >= 0.3 is 0 Å². The number of benzene rings is 2. The van der Waals surface area contributed by atoms with E-state index in [0.29, 0.717) is 17.9 Å². The number of rotatable bonds is 8. The molecule has 2 N–H and O–H groups in total. The van der Waals surface area contributed by atoms with Gasteiger partial charge in [0.05, 0.1) is 7.11 Å². The summed E-state index contributed by atoms with van der Waals surface area (Å²) in [6.45, 7) is 3.27. The van der Waals surface area contributed by atoms with Crippen molar-refractivity contribution in [3.05, 3.63) is 89.1 Å². The topological polar surface area (TPSA) is 63.2 Å². The fourth-order valence-electron chi connectivity index (χ4n) is 2.90. The zero-order valence-corrected chi connectivity index (χ0v) is 16.2.